The van der Waals surface area contributed by atoms with E-state index in [1.807, 2.05) is 30.3 Å². The molecule has 0 saturated carbocycles. The van der Waals surface area contributed by atoms with E-state index in [-0.39, 0.29) is 11.2 Å². The number of phenolic OH excluding ortho intramolecular Hbond substituents is 1. The standard InChI is InChI=1S/C26H24ClN3O3/c1-17-24(18-5-7-19(27)8-6-18)25(32)20-9-10-22(31)21(26(20)33-17)16-29-12-14-30(15-13-29)23-4-2-3-11-28-23/h2-11,31H,12-16H2,1H3. The molecule has 0 aliphatic carbocycles. The van der Waals surface area contributed by atoms with E-state index in [1.165, 1.54) is 0 Å². The maximum Gasteiger partial charge on any atom is 0.200 e. The molecule has 4 aromatic rings. The van der Waals surface area contributed by atoms with Crippen molar-refractivity contribution >= 4 is 28.4 Å². The molecule has 3 heterocycles. The molecule has 5 rings (SSSR count). The number of fused-ring (bicyclic) bond motifs is 1. The molecule has 7 heteroatoms. The monoisotopic (exact) mass is 461 g/mol. The number of anilines is 1. The zero-order valence-corrected chi connectivity index (χ0v) is 19.0. The summed E-state index contributed by atoms with van der Waals surface area (Å²) in [6.07, 6.45) is 1.80. The van der Waals surface area contributed by atoms with Crippen molar-refractivity contribution in [3.8, 4) is 16.9 Å². The summed E-state index contributed by atoms with van der Waals surface area (Å²) < 4.78 is 6.16. The molecule has 6 nitrogen and oxygen atoms in total. The molecular formula is C26H24ClN3O3. The lowest BCUT2D eigenvalue weighted by Gasteiger charge is -2.35. The van der Waals surface area contributed by atoms with E-state index in [1.54, 1.807) is 37.4 Å². The van der Waals surface area contributed by atoms with E-state index in [0.717, 1.165) is 37.6 Å². The van der Waals surface area contributed by atoms with Gasteiger partial charge in [-0.25, -0.2) is 4.98 Å². The molecular weight excluding hydrogens is 438 g/mol. The van der Waals surface area contributed by atoms with Gasteiger partial charge < -0.3 is 14.4 Å². The quantitative estimate of drug-likeness (QED) is 0.468. The minimum Gasteiger partial charge on any atom is -0.507 e. The summed E-state index contributed by atoms with van der Waals surface area (Å²) in [6.45, 7) is 5.60. The van der Waals surface area contributed by atoms with E-state index < -0.39 is 0 Å². The van der Waals surface area contributed by atoms with Gasteiger partial charge in [0.2, 0.25) is 5.43 Å². The van der Waals surface area contributed by atoms with Crippen LogP contribution in [0.2, 0.25) is 5.02 Å². The number of aryl methyl sites for hydroxylation is 1. The van der Waals surface area contributed by atoms with E-state index in [4.69, 9.17) is 16.0 Å². The molecule has 0 spiro atoms. The van der Waals surface area contributed by atoms with Gasteiger partial charge in [0.25, 0.3) is 0 Å². The Morgan fingerprint density at radius 1 is 1.03 bits per heavy atom. The lowest BCUT2D eigenvalue weighted by molar-refractivity contribution is 0.246. The van der Waals surface area contributed by atoms with E-state index >= 15 is 0 Å². The molecule has 1 aliphatic rings. The Morgan fingerprint density at radius 2 is 1.79 bits per heavy atom. The second-order valence-electron chi connectivity index (χ2n) is 8.26. The number of rotatable bonds is 4. The predicted octanol–water partition coefficient (Wildman–Crippen LogP) is 4.84. The topological polar surface area (TPSA) is 69.8 Å². The van der Waals surface area contributed by atoms with Crippen molar-refractivity contribution in [2.45, 2.75) is 13.5 Å². The number of nitrogens with zero attached hydrogens (tertiary/aromatic N) is 3. The van der Waals surface area contributed by atoms with Gasteiger partial charge in [-0.2, -0.15) is 0 Å². The Labute approximate surface area is 196 Å². The number of hydrogen-bond donors (Lipinski definition) is 1. The number of halogens is 1. The minimum absolute atomic E-state index is 0.114. The van der Waals surface area contributed by atoms with Crippen LogP contribution in [0.1, 0.15) is 11.3 Å². The number of aromatic hydroxyl groups is 1. The Morgan fingerprint density at radius 3 is 2.48 bits per heavy atom. The largest absolute Gasteiger partial charge is 0.507 e. The molecule has 0 bridgehead atoms. The summed E-state index contributed by atoms with van der Waals surface area (Å²) in [6, 6.07) is 16.3. The van der Waals surface area contributed by atoms with Gasteiger partial charge in [-0.15, -0.1) is 0 Å². The van der Waals surface area contributed by atoms with Crippen LogP contribution in [-0.2, 0) is 6.54 Å². The van der Waals surface area contributed by atoms with Crippen LogP contribution in [0, 0.1) is 6.92 Å². The van der Waals surface area contributed by atoms with Gasteiger partial charge in [-0.05, 0) is 48.9 Å². The highest BCUT2D eigenvalue weighted by Crippen LogP contribution is 2.31. The summed E-state index contributed by atoms with van der Waals surface area (Å²) in [4.78, 5) is 22.3. The van der Waals surface area contributed by atoms with Gasteiger partial charge in [0.05, 0.1) is 16.5 Å². The van der Waals surface area contributed by atoms with Crippen LogP contribution < -0.4 is 10.3 Å². The van der Waals surface area contributed by atoms with Crippen molar-refractivity contribution in [2.24, 2.45) is 0 Å². The zero-order chi connectivity index (χ0) is 22.9. The summed E-state index contributed by atoms with van der Waals surface area (Å²) in [7, 11) is 0. The number of piperazine rings is 1. The van der Waals surface area contributed by atoms with Crippen molar-refractivity contribution in [3.05, 3.63) is 87.4 Å². The van der Waals surface area contributed by atoms with Crippen molar-refractivity contribution in [2.75, 3.05) is 31.1 Å². The van der Waals surface area contributed by atoms with Crippen molar-refractivity contribution < 1.29 is 9.52 Å². The highest BCUT2D eigenvalue weighted by Gasteiger charge is 2.22. The van der Waals surface area contributed by atoms with Crippen LogP contribution in [0.4, 0.5) is 5.82 Å². The van der Waals surface area contributed by atoms with Gasteiger partial charge in [0.1, 0.15) is 22.9 Å². The smallest absolute Gasteiger partial charge is 0.200 e. The number of hydrogen-bond acceptors (Lipinski definition) is 6. The third-order valence-electron chi connectivity index (χ3n) is 6.17. The molecule has 1 fully saturated rings. The minimum atomic E-state index is -0.114. The second-order valence-corrected chi connectivity index (χ2v) is 8.70. The lowest BCUT2D eigenvalue weighted by Crippen LogP contribution is -2.46. The van der Waals surface area contributed by atoms with Crippen LogP contribution >= 0.6 is 11.6 Å². The zero-order valence-electron chi connectivity index (χ0n) is 18.3. The maximum atomic E-state index is 13.4. The second kappa shape index (κ2) is 8.89. The first-order valence-electron chi connectivity index (χ1n) is 10.9. The summed E-state index contributed by atoms with van der Waals surface area (Å²) in [5.74, 6) is 1.62. The molecule has 2 aromatic heterocycles. The number of aromatic nitrogens is 1. The Kier molecular flexibility index (Phi) is 5.79. The molecule has 168 valence electrons. The summed E-state index contributed by atoms with van der Waals surface area (Å²) in [5.41, 5.74) is 2.24. The van der Waals surface area contributed by atoms with E-state index in [2.05, 4.69) is 14.8 Å². The fourth-order valence-electron chi connectivity index (χ4n) is 4.41. The third-order valence-corrected chi connectivity index (χ3v) is 6.43. The van der Waals surface area contributed by atoms with Crippen LogP contribution in [0.15, 0.2) is 70.0 Å². The Hall–Kier alpha value is -3.35. The SMILES string of the molecule is Cc1oc2c(CN3CCN(c4ccccn4)CC3)c(O)ccc2c(=O)c1-c1ccc(Cl)cc1. The Balaban J connectivity index is 1.45. The van der Waals surface area contributed by atoms with Crippen LogP contribution in [0.3, 0.4) is 0 Å². The van der Waals surface area contributed by atoms with Gasteiger partial charge in [0, 0.05) is 43.9 Å². The molecule has 2 aromatic carbocycles. The van der Waals surface area contributed by atoms with Crippen LogP contribution in [-0.4, -0.2) is 41.2 Å². The molecule has 1 saturated heterocycles. The first kappa shape index (κ1) is 21.5. The summed E-state index contributed by atoms with van der Waals surface area (Å²) in [5, 5.41) is 11.7. The van der Waals surface area contributed by atoms with Crippen molar-refractivity contribution in [1.29, 1.82) is 0 Å². The third kappa shape index (κ3) is 4.19. The van der Waals surface area contributed by atoms with E-state index in [0.29, 0.717) is 39.4 Å². The van der Waals surface area contributed by atoms with Gasteiger partial charge in [-0.1, -0.05) is 29.8 Å². The average molecular weight is 462 g/mol. The van der Waals surface area contributed by atoms with Crippen molar-refractivity contribution in [1.82, 2.24) is 9.88 Å². The maximum absolute atomic E-state index is 13.4. The summed E-state index contributed by atoms with van der Waals surface area (Å²) >= 11 is 6.01. The first-order valence-corrected chi connectivity index (χ1v) is 11.3. The van der Waals surface area contributed by atoms with Crippen LogP contribution in [0.25, 0.3) is 22.1 Å². The number of phenols is 1. The number of pyridine rings is 1. The van der Waals surface area contributed by atoms with Crippen molar-refractivity contribution in [3.63, 3.8) is 0 Å². The molecule has 0 amide bonds. The molecule has 33 heavy (non-hydrogen) atoms. The molecule has 0 unspecified atom stereocenters. The molecule has 1 N–H and O–H groups in total. The van der Waals surface area contributed by atoms with Gasteiger partial charge in [0.15, 0.2) is 0 Å². The molecule has 1 aliphatic heterocycles. The van der Waals surface area contributed by atoms with Gasteiger partial charge in [-0.3, -0.25) is 9.69 Å². The normalized spacial score (nSPS) is 14.7. The highest BCUT2D eigenvalue weighted by atomic mass is 35.5. The fraction of sp³-hybridized carbons (Fsp3) is 0.231. The molecule has 0 radical (unpaired) electrons. The predicted molar refractivity (Wildman–Crippen MR) is 131 cm³/mol. The highest BCUT2D eigenvalue weighted by molar-refractivity contribution is 6.30. The number of benzene rings is 2. The van der Waals surface area contributed by atoms with Gasteiger partial charge >= 0.3 is 0 Å². The lowest BCUT2D eigenvalue weighted by atomic mass is 10.0. The fourth-order valence-corrected chi connectivity index (χ4v) is 4.54. The first-order chi connectivity index (χ1) is 16.0. The van der Waals surface area contributed by atoms with Crippen LogP contribution in [0.5, 0.6) is 5.75 Å². The Bertz CT molecular complexity index is 1350. The average Bonchev–Trinajstić information content (AvgIpc) is 2.83. The molecule has 0 atom stereocenters. The van der Waals surface area contributed by atoms with E-state index in [9.17, 15) is 9.90 Å².